The zero-order valence-electron chi connectivity index (χ0n) is 10.0. The highest BCUT2D eigenvalue weighted by Crippen LogP contribution is 2.18. The van der Waals surface area contributed by atoms with Crippen molar-refractivity contribution in [2.45, 2.75) is 33.6 Å². The molecule has 84 valence electrons. The van der Waals surface area contributed by atoms with Crippen molar-refractivity contribution in [3.8, 4) is 0 Å². The second-order valence-electron chi connectivity index (χ2n) is 4.34. The number of nitrogens with zero attached hydrogens (tertiary/aromatic N) is 2. The molecule has 0 amide bonds. The van der Waals surface area contributed by atoms with Crippen molar-refractivity contribution in [3.63, 3.8) is 0 Å². The van der Waals surface area contributed by atoms with E-state index in [0.29, 0.717) is 0 Å². The van der Waals surface area contributed by atoms with Crippen LogP contribution in [0.4, 0.5) is 0 Å². The minimum absolute atomic E-state index is 0.946. The molecular weight excluding hydrogens is 198 g/mol. The van der Waals surface area contributed by atoms with Gasteiger partial charge in [-0.3, -0.25) is 0 Å². The molecule has 2 aromatic rings. The number of aromatic amines is 1. The Morgan fingerprint density at radius 1 is 1.06 bits per heavy atom. The molecule has 0 unspecified atom stereocenters. The number of aromatic nitrogens is 3. The molecule has 0 spiro atoms. The fourth-order valence-corrected chi connectivity index (χ4v) is 2.20. The van der Waals surface area contributed by atoms with Gasteiger partial charge in [0, 0.05) is 0 Å². The van der Waals surface area contributed by atoms with Crippen molar-refractivity contribution in [3.05, 3.63) is 46.3 Å². The van der Waals surface area contributed by atoms with E-state index in [4.69, 9.17) is 0 Å². The van der Waals surface area contributed by atoms with Crippen LogP contribution in [0.3, 0.4) is 0 Å². The molecule has 16 heavy (non-hydrogen) atoms. The summed E-state index contributed by atoms with van der Waals surface area (Å²) < 4.78 is 0. The molecule has 1 aromatic heterocycles. The van der Waals surface area contributed by atoms with Gasteiger partial charge >= 0.3 is 0 Å². The van der Waals surface area contributed by atoms with Gasteiger partial charge < -0.3 is 0 Å². The summed E-state index contributed by atoms with van der Waals surface area (Å²) in [4.78, 5) is 0. The summed E-state index contributed by atoms with van der Waals surface area (Å²) in [6.07, 6.45) is 3.77. The largest absolute Gasteiger partial charge is 0.198 e. The van der Waals surface area contributed by atoms with Crippen LogP contribution in [0, 0.1) is 20.8 Å². The molecule has 0 aliphatic rings. The first-order valence-electron chi connectivity index (χ1n) is 5.58. The van der Waals surface area contributed by atoms with Gasteiger partial charge in [0.1, 0.15) is 0 Å². The van der Waals surface area contributed by atoms with Crippen LogP contribution >= 0.6 is 0 Å². The molecular formula is C13H17N3. The van der Waals surface area contributed by atoms with Gasteiger partial charge in [-0.15, -0.1) is 0 Å². The predicted molar refractivity (Wildman–Crippen MR) is 64.4 cm³/mol. The molecule has 0 fully saturated rings. The van der Waals surface area contributed by atoms with Crippen molar-refractivity contribution < 1.29 is 0 Å². The fourth-order valence-electron chi connectivity index (χ4n) is 2.20. The predicted octanol–water partition coefficient (Wildman–Crippen LogP) is 2.52. The monoisotopic (exact) mass is 215 g/mol. The number of hydrogen-bond donors (Lipinski definition) is 1. The summed E-state index contributed by atoms with van der Waals surface area (Å²) in [6, 6.07) is 4.48. The van der Waals surface area contributed by atoms with Gasteiger partial charge in [0.15, 0.2) is 0 Å². The molecule has 0 atom stereocenters. The van der Waals surface area contributed by atoms with Crippen LogP contribution in [0.2, 0.25) is 0 Å². The molecule has 0 aliphatic heterocycles. The first-order chi connectivity index (χ1) is 7.66. The van der Waals surface area contributed by atoms with E-state index in [2.05, 4.69) is 48.3 Å². The topological polar surface area (TPSA) is 41.6 Å². The second-order valence-corrected chi connectivity index (χ2v) is 4.34. The van der Waals surface area contributed by atoms with E-state index in [1.54, 1.807) is 6.20 Å². The molecule has 3 heteroatoms. The Morgan fingerprint density at radius 3 is 2.31 bits per heavy atom. The molecule has 1 heterocycles. The summed E-state index contributed by atoms with van der Waals surface area (Å²) >= 11 is 0. The minimum Gasteiger partial charge on any atom is -0.198 e. The van der Waals surface area contributed by atoms with Crippen LogP contribution in [0.5, 0.6) is 0 Å². The minimum atomic E-state index is 0.946. The lowest BCUT2D eigenvalue weighted by molar-refractivity contribution is 0.863. The van der Waals surface area contributed by atoms with Crippen LogP contribution in [0.1, 0.15) is 27.9 Å². The maximum atomic E-state index is 4.07. The number of H-pyrrole nitrogens is 1. The van der Waals surface area contributed by atoms with E-state index in [9.17, 15) is 0 Å². The Labute approximate surface area is 95.9 Å². The lowest BCUT2D eigenvalue weighted by Crippen LogP contribution is -1.98. The summed E-state index contributed by atoms with van der Waals surface area (Å²) in [5, 5.41) is 10.5. The van der Waals surface area contributed by atoms with E-state index in [1.165, 1.54) is 22.3 Å². The molecule has 2 rings (SSSR count). The maximum absolute atomic E-state index is 4.07. The number of hydrogen-bond acceptors (Lipinski definition) is 2. The Balaban J connectivity index is 2.15. The normalized spacial score (nSPS) is 10.7. The molecule has 1 aromatic carbocycles. The number of aryl methyl sites for hydroxylation is 4. The average molecular weight is 215 g/mol. The van der Waals surface area contributed by atoms with E-state index >= 15 is 0 Å². The van der Waals surface area contributed by atoms with Gasteiger partial charge in [0.05, 0.1) is 11.9 Å². The molecule has 0 radical (unpaired) electrons. The smallest absolute Gasteiger partial charge is 0.0828 e. The third-order valence-electron chi connectivity index (χ3n) is 2.94. The fraction of sp³-hybridized carbons (Fsp3) is 0.385. The third kappa shape index (κ3) is 2.30. The molecule has 0 bridgehead atoms. The Morgan fingerprint density at radius 2 is 1.75 bits per heavy atom. The highest BCUT2D eigenvalue weighted by atomic mass is 15.3. The van der Waals surface area contributed by atoms with Gasteiger partial charge in [-0.25, -0.2) is 0 Å². The zero-order chi connectivity index (χ0) is 11.5. The van der Waals surface area contributed by atoms with Crippen molar-refractivity contribution in [1.82, 2.24) is 15.4 Å². The van der Waals surface area contributed by atoms with Gasteiger partial charge in [0.25, 0.3) is 0 Å². The molecule has 0 aliphatic carbocycles. The second kappa shape index (κ2) is 4.47. The van der Waals surface area contributed by atoms with Crippen molar-refractivity contribution in [1.29, 1.82) is 0 Å². The standard InChI is InChI=1S/C13H17N3/c1-9-6-10(2)13(11(3)7-9)5-4-12-8-14-16-15-12/h6-8H,4-5H2,1-3H3,(H,14,15,16). The number of nitrogens with one attached hydrogen (secondary N) is 1. The molecule has 3 nitrogen and oxygen atoms in total. The van der Waals surface area contributed by atoms with Gasteiger partial charge in [-0.1, -0.05) is 17.7 Å². The summed E-state index contributed by atoms with van der Waals surface area (Å²) in [7, 11) is 0. The Hall–Kier alpha value is -1.64. The van der Waals surface area contributed by atoms with E-state index in [-0.39, 0.29) is 0 Å². The summed E-state index contributed by atoms with van der Waals surface area (Å²) in [5.41, 5.74) is 6.55. The first kappa shape index (κ1) is 10.9. The van der Waals surface area contributed by atoms with Gasteiger partial charge in [-0.05, 0) is 50.3 Å². The van der Waals surface area contributed by atoms with Crippen molar-refractivity contribution in [2.75, 3.05) is 0 Å². The number of benzene rings is 1. The molecule has 0 saturated heterocycles. The quantitative estimate of drug-likeness (QED) is 0.854. The van der Waals surface area contributed by atoms with Gasteiger partial charge in [-0.2, -0.15) is 15.4 Å². The Bertz CT molecular complexity index is 449. The van der Waals surface area contributed by atoms with E-state index < -0.39 is 0 Å². The van der Waals surface area contributed by atoms with Crippen LogP contribution in [-0.2, 0) is 12.8 Å². The lowest BCUT2D eigenvalue weighted by atomic mass is 9.96. The van der Waals surface area contributed by atoms with E-state index in [1.807, 2.05) is 0 Å². The highest BCUT2D eigenvalue weighted by Gasteiger charge is 2.05. The van der Waals surface area contributed by atoms with Crippen molar-refractivity contribution >= 4 is 0 Å². The highest BCUT2D eigenvalue weighted by molar-refractivity contribution is 5.37. The Kier molecular flexibility index (Phi) is 3.04. The van der Waals surface area contributed by atoms with Gasteiger partial charge in [0.2, 0.25) is 0 Å². The van der Waals surface area contributed by atoms with Crippen molar-refractivity contribution in [2.24, 2.45) is 0 Å². The lowest BCUT2D eigenvalue weighted by Gasteiger charge is -2.10. The van der Waals surface area contributed by atoms with Crippen LogP contribution < -0.4 is 0 Å². The molecule has 1 N–H and O–H groups in total. The first-order valence-corrected chi connectivity index (χ1v) is 5.58. The molecule has 0 saturated carbocycles. The van der Waals surface area contributed by atoms with Crippen LogP contribution in [0.15, 0.2) is 18.3 Å². The van der Waals surface area contributed by atoms with Crippen LogP contribution in [-0.4, -0.2) is 15.4 Å². The third-order valence-corrected chi connectivity index (χ3v) is 2.94. The zero-order valence-corrected chi connectivity index (χ0v) is 10.0. The SMILES string of the molecule is Cc1cc(C)c(CCc2cn[nH]n2)c(C)c1. The van der Waals surface area contributed by atoms with E-state index in [0.717, 1.165) is 18.5 Å². The average Bonchev–Trinajstić information content (AvgIpc) is 2.68. The number of rotatable bonds is 3. The summed E-state index contributed by atoms with van der Waals surface area (Å²) in [6.45, 7) is 6.50. The summed E-state index contributed by atoms with van der Waals surface area (Å²) in [5.74, 6) is 0. The van der Waals surface area contributed by atoms with Crippen LogP contribution in [0.25, 0.3) is 0 Å². The maximum Gasteiger partial charge on any atom is 0.0828 e.